The molecule has 0 aliphatic heterocycles. The van der Waals surface area contributed by atoms with E-state index in [9.17, 15) is 18.7 Å². The van der Waals surface area contributed by atoms with Crippen molar-refractivity contribution in [3.05, 3.63) is 27.9 Å². The summed E-state index contributed by atoms with van der Waals surface area (Å²) in [6.07, 6.45) is 1.55. The number of hydrogen-bond donors (Lipinski definition) is 1. The van der Waals surface area contributed by atoms with Gasteiger partial charge < -0.3 is 19.1 Å². The summed E-state index contributed by atoms with van der Waals surface area (Å²) in [4.78, 5) is 12.2. The lowest BCUT2D eigenvalue weighted by Crippen LogP contribution is -2.12. The lowest BCUT2D eigenvalue weighted by molar-refractivity contribution is 0.0521. The Labute approximate surface area is 141 Å². The zero-order valence-electron chi connectivity index (χ0n) is 13.1. The second-order valence-electron chi connectivity index (χ2n) is 5.45. The number of carbonyl (C=O) groups is 1. The molecule has 0 bridgehead atoms. The molecule has 1 aromatic heterocycles. The molecule has 1 saturated carbocycles. The van der Waals surface area contributed by atoms with E-state index in [0.29, 0.717) is 0 Å². The van der Waals surface area contributed by atoms with Crippen molar-refractivity contribution < 1.29 is 28.2 Å². The van der Waals surface area contributed by atoms with Crippen LogP contribution in [-0.2, 0) is 4.74 Å². The minimum absolute atomic E-state index is 0.0188. The van der Waals surface area contributed by atoms with Crippen LogP contribution in [-0.4, -0.2) is 29.4 Å². The molecule has 1 aromatic carbocycles. The number of carbonyl (C=O) groups excluding carboxylic acids is 1. The Kier molecular flexibility index (Phi) is 4.16. The highest BCUT2D eigenvalue weighted by molar-refractivity contribution is 7.71. The van der Waals surface area contributed by atoms with Gasteiger partial charge in [0.2, 0.25) is 5.82 Å². The van der Waals surface area contributed by atoms with E-state index in [-0.39, 0.29) is 39.5 Å². The largest absolute Gasteiger partial charge is 0.506 e. The molecule has 24 heavy (non-hydrogen) atoms. The van der Waals surface area contributed by atoms with Crippen LogP contribution in [0.4, 0.5) is 8.78 Å². The van der Waals surface area contributed by atoms with Gasteiger partial charge in [0.15, 0.2) is 11.6 Å². The number of esters is 1. The van der Waals surface area contributed by atoms with Gasteiger partial charge >= 0.3 is 5.97 Å². The minimum Gasteiger partial charge on any atom is -0.506 e. The van der Waals surface area contributed by atoms with Crippen LogP contribution in [0.2, 0.25) is 0 Å². The number of nitrogens with zero attached hydrogens (tertiary/aromatic N) is 1. The van der Waals surface area contributed by atoms with Crippen LogP contribution in [0.15, 0.2) is 6.07 Å². The molecule has 1 aliphatic carbocycles. The van der Waals surface area contributed by atoms with Crippen molar-refractivity contribution in [2.45, 2.75) is 25.8 Å². The van der Waals surface area contributed by atoms with E-state index >= 15 is 0 Å². The number of fused-ring (bicyclic) bond motifs is 1. The van der Waals surface area contributed by atoms with Gasteiger partial charge in [-0.2, -0.15) is 4.39 Å². The third-order valence-electron chi connectivity index (χ3n) is 3.91. The summed E-state index contributed by atoms with van der Waals surface area (Å²) in [7, 11) is 1.20. The number of aromatic hydroxyl groups is 1. The molecule has 5 nitrogen and oxygen atoms in total. The second kappa shape index (κ2) is 6.01. The standard InChI is InChI=1S/C16H15F2NO4S/c1-3-23-16(21)10-13(20)8-6-9(17)11(18)14(22-2)12(8)19(15(10)24)7-4-5-7/h6-7,20H,3-5H2,1-2H3. The first kappa shape index (κ1) is 16.6. The van der Waals surface area contributed by atoms with Crippen LogP contribution >= 0.6 is 12.2 Å². The third kappa shape index (κ3) is 2.41. The van der Waals surface area contributed by atoms with Crippen molar-refractivity contribution in [1.82, 2.24) is 4.57 Å². The summed E-state index contributed by atoms with van der Waals surface area (Å²) in [6, 6.07) is 0.770. The first-order valence-electron chi connectivity index (χ1n) is 7.42. The fraction of sp³-hybridized carbons (Fsp3) is 0.375. The van der Waals surface area contributed by atoms with E-state index in [2.05, 4.69) is 0 Å². The number of benzene rings is 1. The van der Waals surface area contributed by atoms with Gasteiger partial charge in [-0.1, -0.05) is 12.2 Å². The minimum atomic E-state index is -1.19. The number of pyridine rings is 1. The van der Waals surface area contributed by atoms with Crippen molar-refractivity contribution in [2.24, 2.45) is 0 Å². The molecule has 2 aromatic rings. The predicted octanol–water partition coefficient (Wildman–Crippen LogP) is 3.87. The predicted molar refractivity (Wildman–Crippen MR) is 85.1 cm³/mol. The Morgan fingerprint density at radius 3 is 2.67 bits per heavy atom. The highest BCUT2D eigenvalue weighted by atomic mass is 32.1. The topological polar surface area (TPSA) is 60.7 Å². The van der Waals surface area contributed by atoms with Gasteiger partial charge in [0.05, 0.1) is 19.2 Å². The van der Waals surface area contributed by atoms with Gasteiger partial charge in [-0.15, -0.1) is 0 Å². The van der Waals surface area contributed by atoms with E-state index in [1.807, 2.05) is 0 Å². The maximum atomic E-state index is 14.1. The Hall–Kier alpha value is -2.22. The highest BCUT2D eigenvalue weighted by Gasteiger charge is 2.32. The Bertz CT molecular complexity index is 906. The van der Waals surface area contributed by atoms with Crippen LogP contribution in [0.1, 0.15) is 36.2 Å². The molecule has 0 amide bonds. The number of aromatic nitrogens is 1. The summed E-state index contributed by atoms with van der Waals surface area (Å²) in [5, 5.41) is 10.4. The molecule has 0 spiro atoms. The average molecular weight is 355 g/mol. The Balaban J connectivity index is 2.49. The van der Waals surface area contributed by atoms with E-state index in [1.165, 1.54) is 11.7 Å². The third-order valence-corrected chi connectivity index (χ3v) is 4.31. The zero-order chi connectivity index (χ0) is 17.6. The van der Waals surface area contributed by atoms with Gasteiger partial charge in [0.25, 0.3) is 0 Å². The zero-order valence-corrected chi connectivity index (χ0v) is 13.9. The molecule has 0 atom stereocenters. The summed E-state index contributed by atoms with van der Waals surface area (Å²) in [6.45, 7) is 1.71. The first-order valence-corrected chi connectivity index (χ1v) is 7.83. The molecule has 0 saturated heterocycles. The summed E-state index contributed by atoms with van der Waals surface area (Å²) >= 11 is 5.33. The fourth-order valence-electron chi connectivity index (χ4n) is 2.73. The van der Waals surface area contributed by atoms with E-state index < -0.39 is 23.4 Å². The van der Waals surface area contributed by atoms with Gasteiger partial charge in [-0.3, -0.25) is 0 Å². The number of rotatable bonds is 4. The van der Waals surface area contributed by atoms with Crippen LogP contribution in [0.25, 0.3) is 10.9 Å². The SMILES string of the molecule is CCOC(=O)c1c(O)c2cc(F)c(F)c(OC)c2n(C2CC2)c1=S. The van der Waals surface area contributed by atoms with Crippen molar-refractivity contribution in [3.8, 4) is 11.5 Å². The molecule has 0 unspecified atom stereocenters. The van der Waals surface area contributed by atoms with Crippen molar-refractivity contribution in [1.29, 1.82) is 0 Å². The molecular formula is C16H15F2NO4S. The normalized spacial score (nSPS) is 14.0. The molecule has 1 N–H and O–H groups in total. The monoisotopic (exact) mass is 355 g/mol. The fourth-order valence-corrected chi connectivity index (χ4v) is 3.15. The maximum absolute atomic E-state index is 14.1. The van der Waals surface area contributed by atoms with Crippen LogP contribution < -0.4 is 4.74 Å². The molecule has 0 radical (unpaired) electrons. The Morgan fingerprint density at radius 2 is 2.12 bits per heavy atom. The van der Waals surface area contributed by atoms with Gasteiger partial charge in [-0.05, 0) is 25.8 Å². The first-order chi connectivity index (χ1) is 11.4. The second-order valence-corrected chi connectivity index (χ2v) is 5.84. The van der Waals surface area contributed by atoms with Crippen molar-refractivity contribution in [3.63, 3.8) is 0 Å². The number of halogens is 2. The average Bonchev–Trinajstić information content (AvgIpc) is 3.35. The number of ether oxygens (including phenoxy) is 2. The molecule has 1 fully saturated rings. The van der Waals surface area contributed by atoms with Gasteiger partial charge in [-0.25, -0.2) is 9.18 Å². The van der Waals surface area contributed by atoms with E-state index in [4.69, 9.17) is 21.7 Å². The molecule has 1 aliphatic rings. The van der Waals surface area contributed by atoms with E-state index in [1.54, 1.807) is 6.92 Å². The lowest BCUT2D eigenvalue weighted by Gasteiger charge is -2.18. The van der Waals surface area contributed by atoms with Crippen molar-refractivity contribution >= 4 is 29.1 Å². The highest BCUT2D eigenvalue weighted by Crippen LogP contribution is 2.45. The quantitative estimate of drug-likeness (QED) is 0.666. The Morgan fingerprint density at radius 1 is 1.46 bits per heavy atom. The summed E-state index contributed by atoms with van der Waals surface area (Å²) in [5.41, 5.74) is -0.0891. The maximum Gasteiger partial charge on any atom is 0.344 e. The molecule has 1 heterocycles. The van der Waals surface area contributed by atoms with Crippen LogP contribution in [0.5, 0.6) is 11.5 Å². The number of methoxy groups -OCH3 is 1. The summed E-state index contributed by atoms with van der Waals surface area (Å²) in [5.74, 6) is -4.06. The van der Waals surface area contributed by atoms with E-state index in [0.717, 1.165) is 18.9 Å². The van der Waals surface area contributed by atoms with Gasteiger partial charge in [0, 0.05) is 11.4 Å². The molecule has 128 valence electrons. The lowest BCUT2D eigenvalue weighted by atomic mass is 10.1. The molecule has 3 rings (SSSR count). The summed E-state index contributed by atoms with van der Waals surface area (Å²) < 4.78 is 39.5. The smallest absolute Gasteiger partial charge is 0.344 e. The van der Waals surface area contributed by atoms with Crippen molar-refractivity contribution in [2.75, 3.05) is 13.7 Å². The van der Waals surface area contributed by atoms with Gasteiger partial charge in [0.1, 0.15) is 16.0 Å². The molecule has 8 heteroatoms. The number of hydrogen-bond acceptors (Lipinski definition) is 5. The van der Waals surface area contributed by atoms with Crippen LogP contribution in [0.3, 0.4) is 0 Å². The molecular weight excluding hydrogens is 340 g/mol. The van der Waals surface area contributed by atoms with Crippen LogP contribution in [0, 0.1) is 16.3 Å².